The SMILES string of the molecule is Cc1cc(C(=O)N2CCN(Cc3cccnc3)CC2)nn1C(C)(C)C. The van der Waals surface area contributed by atoms with Crippen LogP contribution < -0.4 is 0 Å². The van der Waals surface area contributed by atoms with Crippen LogP contribution >= 0.6 is 0 Å². The lowest BCUT2D eigenvalue weighted by atomic mass is 10.1. The van der Waals surface area contributed by atoms with Crippen molar-refractivity contribution in [3.05, 3.63) is 47.5 Å². The largest absolute Gasteiger partial charge is 0.335 e. The van der Waals surface area contributed by atoms with Crippen molar-refractivity contribution in [2.75, 3.05) is 26.2 Å². The molecule has 0 N–H and O–H groups in total. The number of aromatic nitrogens is 3. The third-order valence-corrected chi connectivity index (χ3v) is 4.53. The van der Waals surface area contributed by atoms with Crippen molar-refractivity contribution in [2.45, 2.75) is 39.8 Å². The maximum absolute atomic E-state index is 12.8. The average molecular weight is 341 g/mol. The van der Waals surface area contributed by atoms with Crippen molar-refractivity contribution in [2.24, 2.45) is 0 Å². The predicted molar refractivity (Wildman–Crippen MR) is 97.4 cm³/mol. The van der Waals surface area contributed by atoms with Crippen LogP contribution in [0, 0.1) is 6.92 Å². The van der Waals surface area contributed by atoms with E-state index in [1.165, 1.54) is 5.56 Å². The second-order valence-corrected chi connectivity index (χ2v) is 7.68. The normalized spacial score (nSPS) is 16.2. The highest BCUT2D eigenvalue weighted by Crippen LogP contribution is 2.18. The Labute approximate surface area is 149 Å². The number of amides is 1. The van der Waals surface area contributed by atoms with E-state index in [0.29, 0.717) is 5.69 Å². The number of hydrogen-bond donors (Lipinski definition) is 0. The molecule has 6 heteroatoms. The second-order valence-electron chi connectivity index (χ2n) is 7.68. The highest BCUT2D eigenvalue weighted by molar-refractivity contribution is 5.92. The van der Waals surface area contributed by atoms with Crippen molar-refractivity contribution >= 4 is 5.91 Å². The zero-order valence-corrected chi connectivity index (χ0v) is 15.6. The zero-order valence-electron chi connectivity index (χ0n) is 15.6. The van der Waals surface area contributed by atoms with E-state index >= 15 is 0 Å². The molecule has 0 radical (unpaired) electrons. The standard InChI is InChI=1S/C19H27N5O/c1-15-12-17(21-24(15)19(2,3)4)18(25)23-10-8-22(9-11-23)14-16-6-5-7-20-13-16/h5-7,12-13H,8-11,14H2,1-4H3. The summed E-state index contributed by atoms with van der Waals surface area (Å²) in [6.45, 7) is 12.4. The topological polar surface area (TPSA) is 54.3 Å². The van der Waals surface area contributed by atoms with Crippen LogP contribution in [0.15, 0.2) is 30.6 Å². The molecule has 1 fully saturated rings. The van der Waals surface area contributed by atoms with Crippen molar-refractivity contribution in [1.29, 1.82) is 0 Å². The Bertz CT molecular complexity index is 724. The fraction of sp³-hybridized carbons (Fsp3) is 0.526. The Morgan fingerprint density at radius 2 is 1.92 bits per heavy atom. The van der Waals surface area contributed by atoms with Crippen LogP contribution in [0.5, 0.6) is 0 Å². The summed E-state index contributed by atoms with van der Waals surface area (Å²) < 4.78 is 1.93. The lowest BCUT2D eigenvalue weighted by Crippen LogP contribution is -2.48. The molecule has 1 aliphatic heterocycles. The van der Waals surface area contributed by atoms with Crippen LogP contribution in [0.2, 0.25) is 0 Å². The summed E-state index contributed by atoms with van der Waals surface area (Å²) in [5.74, 6) is 0.0344. The molecule has 3 rings (SSSR count). The van der Waals surface area contributed by atoms with E-state index in [1.807, 2.05) is 34.8 Å². The summed E-state index contributed by atoms with van der Waals surface area (Å²) in [5.41, 5.74) is 2.66. The van der Waals surface area contributed by atoms with E-state index in [2.05, 4.69) is 41.8 Å². The molecule has 0 aromatic carbocycles. The fourth-order valence-corrected chi connectivity index (χ4v) is 3.28. The first kappa shape index (κ1) is 17.6. The molecule has 6 nitrogen and oxygen atoms in total. The molecule has 1 amide bonds. The molecule has 0 unspecified atom stereocenters. The molecular formula is C19H27N5O. The summed E-state index contributed by atoms with van der Waals surface area (Å²) in [6, 6.07) is 5.95. The minimum Gasteiger partial charge on any atom is -0.335 e. The number of hydrogen-bond acceptors (Lipinski definition) is 4. The highest BCUT2D eigenvalue weighted by atomic mass is 16.2. The van der Waals surface area contributed by atoms with Gasteiger partial charge in [-0.25, -0.2) is 0 Å². The third kappa shape index (κ3) is 4.07. The van der Waals surface area contributed by atoms with E-state index in [9.17, 15) is 4.79 Å². The number of aryl methyl sites for hydroxylation is 1. The van der Waals surface area contributed by atoms with E-state index in [-0.39, 0.29) is 11.4 Å². The molecule has 2 aromatic heterocycles. The van der Waals surface area contributed by atoms with Crippen LogP contribution in [0.4, 0.5) is 0 Å². The predicted octanol–water partition coefficient (Wildman–Crippen LogP) is 2.30. The minimum absolute atomic E-state index is 0.0344. The van der Waals surface area contributed by atoms with Gasteiger partial charge < -0.3 is 4.90 Å². The molecule has 0 bridgehead atoms. The minimum atomic E-state index is -0.120. The maximum Gasteiger partial charge on any atom is 0.274 e. The molecule has 0 spiro atoms. The first-order valence-corrected chi connectivity index (χ1v) is 8.82. The van der Waals surface area contributed by atoms with Crippen molar-refractivity contribution in [3.8, 4) is 0 Å². The summed E-state index contributed by atoms with van der Waals surface area (Å²) in [4.78, 5) is 21.2. The molecule has 0 saturated carbocycles. The van der Waals surface area contributed by atoms with E-state index < -0.39 is 0 Å². The van der Waals surface area contributed by atoms with Crippen LogP contribution in [0.1, 0.15) is 42.5 Å². The van der Waals surface area contributed by atoms with Gasteiger partial charge in [0.15, 0.2) is 5.69 Å². The number of carbonyl (C=O) groups is 1. The Balaban J connectivity index is 1.60. The summed E-state index contributed by atoms with van der Waals surface area (Å²) in [7, 11) is 0. The van der Waals surface area contributed by atoms with Crippen LogP contribution in [0.3, 0.4) is 0 Å². The van der Waals surface area contributed by atoms with Gasteiger partial charge in [0.2, 0.25) is 0 Å². The molecule has 0 aliphatic carbocycles. The van der Waals surface area contributed by atoms with Gasteiger partial charge in [0.1, 0.15) is 0 Å². The Hall–Kier alpha value is -2.21. The van der Waals surface area contributed by atoms with Gasteiger partial charge in [-0.15, -0.1) is 0 Å². The summed E-state index contributed by atoms with van der Waals surface area (Å²) in [5, 5.41) is 4.55. The summed E-state index contributed by atoms with van der Waals surface area (Å²) >= 11 is 0. The highest BCUT2D eigenvalue weighted by Gasteiger charge is 2.26. The number of pyridine rings is 1. The number of rotatable bonds is 3. The van der Waals surface area contributed by atoms with Crippen molar-refractivity contribution in [1.82, 2.24) is 24.6 Å². The van der Waals surface area contributed by atoms with Crippen LogP contribution in [-0.4, -0.2) is 56.7 Å². The molecule has 2 aromatic rings. The van der Waals surface area contributed by atoms with Crippen LogP contribution in [-0.2, 0) is 12.1 Å². The molecule has 0 atom stereocenters. The van der Waals surface area contributed by atoms with Crippen molar-refractivity contribution in [3.63, 3.8) is 0 Å². The maximum atomic E-state index is 12.8. The van der Waals surface area contributed by atoms with Gasteiger partial charge in [0.05, 0.1) is 5.54 Å². The number of piperazine rings is 1. The molecule has 3 heterocycles. The van der Waals surface area contributed by atoms with Crippen molar-refractivity contribution < 1.29 is 4.79 Å². The van der Waals surface area contributed by atoms with Gasteiger partial charge in [-0.2, -0.15) is 5.10 Å². The lowest BCUT2D eigenvalue weighted by molar-refractivity contribution is 0.0621. The van der Waals surface area contributed by atoms with Gasteiger partial charge in [0, 0.05) is 50.8 Å². The smallest absolute Gasteiger partial charge is 0.274 e. The monoisotopic (exact) mass is 341 g/mol. The molecule has 1 aliphatic rings. The average Bonchev–Trinajstić information content (AvgIpc) is 2.98. The second kappa shape index (κ2) is 6.96. The summed E-state index contributed by atoms with van der Waals surface area (Å²) in [6.07, 6.45) is 3.69. The lowest BCUT2D eigenvalue weighted by Gasteiger charge is -2.34. The quantitative estimate of drug-likeness (QED) is 0.860. The molecule has 1 saturated heterocycles. The van der Waals surface area contributed by atoms with E-state index in [4.69, 9.17) is 0 Å². The zero-order chi connectivity index (χ0) is 18.0. The Kier molecular flexibility index (Phi) is 4.90. The molecule has 25 heavy (non-hydrogen) atoms. The number of carbonyl (C=O) groups excluding carboxylic acids is 1. The van der Waals surface area contributed by atoms with E-state index in [1.54, 1.807) is 6.20 Å². The van der Waals surface area contributed by atoms with Gasteiger partial charge in [-0.05, 0) is 45.4 Å². The first-order valence-electron chi connectivity index (χ1n) is 8.82. The van der Waals surface area contributed by atoms with E-state index in [0.717, 1.165) is 38.4 Å². The van der Waals surface area contributed by atoms with Gasteiger partial charge in [-0.1, -0.05) is 6.07 Å². The number of nitrogens with zero attached hydrogens (tertiary/aromatic N) is 5. The van der Waals surface area contributed by atoms with Gasteiger partial charge in [0.25, 0.3) is 5.91 Å². The Morgan fingerprint density at radius 1 is 1.20 bits per heavy atom. The first-order chi connectivity index (χ1) is 11.8. The van der Waals surface area contributed by atoms with Gasteiger partial charge in [-0.3, -0.25) is 19.4 Å². The fourth-order valence-electron chi connectivity index (χ4n) is 3.28. The molecular weight excluding hydrogens is 314 g/mol. The Morgan fingerprint density at radius 3 is 2.48 bits per heavy atom. The van der Waals surface area contributed by atoms with Crippen LogP contribution in [0.25, 0.3) is 0 Å². The van der Waals surface area contributed by atoms with Gasteiger partial charge >= 0.3 is 0 Å². The molecule has 134 valence electrons. The third-order valence-electron chi connectivity index (χ3n) is 4.53.